The molecule has 4 aromatic rings. The monoisotopic (exact) mass is 406 g/mol. The molecule has 6 nitrogen and oxygen atoms in total. The van der Waals surface area contributed by atoms with Gasteiger partial charge in [-0.3, -0.25) is 4.79 Å². The molecule has 2 aromatic carbocycles. The summed E-state index contributed by atoms with van der Waals surface area (Å²) in [6.07, 6.45) is 2.76. The van der Waals surface area contributed by atoms with Crippen LogP contribution in [0.3, 0.4) is 0 Å². The number of amides is 1. The summed E-state index contributed by atoms with van der Waals surface area (Å²) in [5.41, 5.74) is 3.42. The van der Waals surface area contributed by atoms with Gasteiger partial charge >= 0.3 is 0 Å². The van der Waals surface area contributed by atoms with E-state index in [-0.39, 0.29) is 12.5 Å². The molecule has 0 saturated carbocycles. The molecule has 0 radical (unpaired) electrons. The molecule has 0 bridgehead atoms. The molecule has 2 aromatic heterocycles. The van der Waals surface area contributed by atoms with Crippen molar-refractivity contribution in [2.75, 3.05) is 5.32 Å². The number of nitrogens with one attached hydrogen (secondary N) is 1. The summed E-state index contributed by atoms with van der Waals surface area (Å²) in [4.78, 5) is 16.9. The summed E-state index contributed by atoms with van der Waals surface area (Å²) in [7, 11) is 0. The Morgan fingerprint density at radius 1 is 1.14 bits per heavy atom. The second kappa shape index (κ2) is 8.32. The van der Waals surface area contributed by atoms with Crippen LogP contribution in [0.25, 0.3) is 23.0 Å². The quantitative estimate of drug-likeness (QED) is 0.485. The maximum Gasteiger partial charge on any atom is 0.274 e. The third-order valence-corrected chi connectivity index (χ3v) is 4.75. The molecular weight excluding hydrogens is 388 g/mol. The first-order valence-corrected chi connectivity index (χ1v) is 9.64. The molecule has 1 N–H and O–H groups in total. The van der Waals surface area contributed by atoms with Crippen LogP contribution < -0.4 is 5.32 Å². The molecule has 0 unspecified atom stereocenters. The van der Waals surface area contributed by atoms with Gasteiger partial charge in [-0.2, -0.15) is 4.98 Å². The van der Waals surface area contributed by atoms with Gasteiger partial charge in [0.1, 0.15) is 12.2 Å². The average molecular weight is 407 g/mol. The van der Waals surface area contributed by atoms with E-state index in [0.717, 1.165) is 17.7 Å². The maximum absolute atomic E-state index is 12.5. The molecule has 0 aliphatic heterocycles. The van der Waals surface area contributed by atoms with Crippen LogP contribution in [0.4, 0.5) is 5.69 Å². The van der Waals surface area contributed by atoms with Gasteiger partial charge in [0, 0.05) is 22.5 Å². The Morgan fingerprint density at radius 3 is 2.72 bits per heavy atom. The van der Waals surface area contributed by atoms with Crippen molar-refractivity contribution >= 4 is 23.2 Å². The van der Waals surface area contributed by atoms with Crippen LogP contribution in [0.2, 0.25) is 5.02 Å². The summed E-state index contributed by atoms with van der Waals surface area (Å²) in [6, 6.07) is 18.7. The Kier molecular flexibility index (Phi) is 5.44. The predicted octanol–water partition coefficient (Wildman–Crippen LogP) is 5.06. The Balaban J connectivity index is 1.49. The first-order chi connectivity index (χ1) is 14.1. The van der Waals surface area contributed by atoms with Crippen molar-refractivity contribution in [3.8, 4) is 23.0 Å². The van der Waals surface area contributed by atoms with Crippen LogP contribution in [0.15, 0.2) is 71.4 Å². The van der Waals surface area contributed by atoms with Gasteiger partial charge in [-0.15, -0.1) is 0 Å². The normalized spacial score (nSPS) is 10.8. The van der Waals surface area contributed by atoms with Crippen LogP contribution in [-0.4, -0.2) is 20.6 Å². The van der Waals surface area contributed by atoms with E-state index in [2.05, 4.69) is 22.4 Å². The number of hydrogen-bond acceptors (Lipinski definition) is 4. The largest absolute Gasteiger partial charge is 0.334 e. The highest BCUT2D eigenvalue weighted by Crippen LogP contribution is 2.24. The molecule has 0 aliphatic carbocycles. The number of rotatable bonds is 6. The van der Waals surface area contributed by atoms with Crippen molar-refractivity contribution in [2.45, 2.75) is 19.9 Å². The Morgan fingerprint density at radius 2 is 1.97 bits per heavy atom. The zero-order valence-electron chi connectivity index (χ0n) is 15.8. The summed E-state index contributed by atoms with van der Waals surface area (Å²) in [5, 5.41) is 7.53. The molecule has 0 saturated heterocycles. The lowest BCUT2D eigenvalue weighted by molar-refractivity contribution is -0.116. The maximum atomic E-state index is 12.5. The first kappa shape index (κ1) is 19.0. The van der Waals surface area contributed by atoms with E-state index in [1.54, 1.807) is 22.9 Å². The van der Waals surface area contributed by atoms with Crippen LogP contribution >= 0.6 is 11.6 Å². The van der Waals surface area contributed by atoms with E-state index in [9.17, 15) is 4.79 Å². The van der Waals surface area contributed by atoms with Crippen LogP contribution in [0.5, 0.6) is 0 Å². The molecule has 2 heterocycles. The van der Waals surface area contributed by atoms with Crippen molar-refractivity contribution in [3.05, 3.63) is 77.4 Å². The number of anilines is 1. The number of aryl methyl sites for hydroxylation is 1. The highest BCUT2D eigenvalue weighted by Gasteiger charge is 2.15. The van der Waals surface area contributed by atoms with Gasteiger partial charge in [-0.25, -0.2) is 0 Å². The molecular formula is C22H19ClN4O2. The lowest BCUT2D eigenvalue weighted by atomic mass is 10.1. The van der Waals surface area contributed by atoms with E-state index in [0.29, 0.717) is 22.4 Å². The number of halogens is 1. The van der Waals surface area contributed by atoms with E-state index in [4.69, 9.17) is 16.1 Å². The lowest BCUT2D eigenvalue weighted by Crippen LogP contribution is -2.18. The minimum Gasteiger partial charge on any atom is -0.334 e. The van der Waals surface area contributed by atoms with Crippen LogP contribution in [-0.2, 0) is 17.8 Å². The SMILES string of the molecule is CCc1ccc(NC(=O)Cn2cccc2-c2nc(-c3cccc(Cl)c3)no2)cc1. The summed E-state index contributed by atoms with van der Waals surface area (Å²) in [6.45, 7) is 2.23. The number of carbonyl (C=O) groups excluding carboxylic acids is 1. The Labute approximate surface area is 173 Å². The van der Waals surface area contributed by atoms with E-state index >= 15 is 0 Å². The van der Waals surface area contributed by atoms with Crippen LogP contribution in [0, 0.1) is 0 Å². The molecule has 4 rings (SSSR count). The zero-order chi connectivity index (χ0) is 20.2. The second-order valence-corrected chi connectivity index (χ2v) is 6.99. The number of carbonyl (C=O) groups is 1. The fraction of sp³-hybridized carbons (Fsp3) is 0.136. The Bertz CT molecular complexity index is 1130. The molecule has 29 heavy (non-hydrogen) atoms. The predicted molar refractivity (Wildman–Crippen MR) is 113 cm³/mol. The number of nitrogens with zero attached hydrogens (tertiary/aromatic N) is 3. The first-order valence-electron chi connectivity index (χ1n) is 9.26. The van der Waals surface area contributed by atoms with E-state index in [1.807, 2.05) is 48.5 Å². The molecule has 0 spiro atoms. The van der Waals surface area contributed by atoms with Crippen molar-refractivity contribution in [1.82, 2.24) is 14.7 Å². The minimum atomic E-state index is -0.138. The smallest absolute Gasteiger partial charge is 0.274 e. The average Bonchev–Trinajstić information content (AvgIpc) is 3.38. The second-order valence-electron chi connectivity index (χ2n) is 6.55. The van der Waals surface area contributed by atoms with Crippen molar-refractivity contribution < 1.29 is 9.32 Å². The molecule has 7 heteroatoms. The standard InChI is InChI=1S/C22H19ClN4O2/c1-2-15-8-10-18(11-9-15)24-20(28)14-27-12-4-7-19(27)22-25-21(26-29-22)16-5-3-6-17(23)13-16/h3-13H,2,14H2,1H3,(H,24,28). The highest BCUT2D eigenvalue weighted by atomic mass is 35.5. The number of aromatic nitrogens is 3. The zero-order valence-corrected chi connectivity index (χ0v) is 16.6. The Hall–Kier alpha value is -3.38. The fourth-order valence-corrected chi connectivity index (χ4v) is 3.19. The molecule has 0 atom stereocenters. The molecule has 1 amide bonds. The third kappa shape index (κ3) is 4.38. The van der Waals surface area contributed by atoms with Crippen LogP contribution in [0.1, 0.15) is 12.5 Å². The summed E-state index contributed by atoms with van der Waals surface area (Å²) >= 11 is 6.03. The summed E-state index contributed by atoms with van der Waals surface area (Å²) < 4.78 is 7.18. The topological polar surface area (TPSA) is 73.0 Å². The van der Waals surface area contributed by atoms with Gasteiger partial charge in [0.2, 0.25) is 11.7 Å². The highest BCUT2D eigenvalue weighted by molar-refractivity contribution is 6.30. The van der Waals surface area contributed by atoms with Gasteiger partial charge in [-0.05, 0) is 48.4 Å². The minimum absolute atomic E-state index is 0.132. The molecule has 0 aliphatic rings. The number of benzene rings is 2. The lowest BCUT2D eigenvalue weighted by Gasteiger charge is -2.08. The van der Waals surface area contributed by atoms with Crippen molar-refractivity contribution in [1.29, 1.82) is 0 Å². The van der Waals surface area contributed by atoms with Gasteiger partial charge in [0.15, 0.2) is 0 Å². The van der Waals surface area contributed by atoms with E-state index in [1.165, 1.54) is 5.56 Å². The number of hydrogen-bond donors (Lipinski definition) is 1. The van der Waals surface area contributed by atoms with Gasteiger partial charge in [0.05, 0.1) is 0 Å². The van der Waals surface area contributed by atoms with E-state index < -0.39 is 0 Å². The summed E-state index contributed by atoms with van der Waals surface area (Å²) in [5.74, 6) is 0.641. The van der Waals surface area contributed by atoms with Gasteiger partial charge < -0.3 is 14.4 Å². The fourth-order valence-electron chi connectivity index (χ4n) is 3.00. The van der Waals surface area contributed by atoms with Gasteiger partial charge in [-0.1, -0.05) is 47.9 Å². The molecule has 146 valence electrons. The van der Waals surface area contributed by atoms with Crippen molar-refractivity contribution in [3.63, 3.8) is 0 Å². The van der Waals surface area contributed by atoms with Gasteiger partial charge in [0.25, 0.3) is 5.89 Å². The third-order valence-electron chi connectivity index (χ3n) is 4.52. The molecule has 0 fully saturated rings. The van der Waals surface area contributed by atoms with Crippen molar-refractivity contribution in [2.24, 2.45) is 0 Å².